The van der Waals surface area contributed by atoms with E-state index in [0.717, 1.165) is 6.07 Å². The van der Waals surface area contributed by atoms with Gasteiger partial charge < -0.3 is 14.3 Å². The molecule has 0 spiro atoms. The molecule has 0 bridgehead atoms. The molecule has 1 aromatic carbocycles. The molecule has 15 heavy (non-hydrogen) atoms. The van der Waals surface area contributed by atoms with Crippen molar-refractivity contribution in [2.75, 3.05) is 6.61 Å². The molecule has 4 nitrogen and oxygen atoms in total. The Morgan fingerprint density at radius 3 is 2.93 bits per heavy atom. The molecule has 4 heteroatoms. The van der Waals surface area contributed by atoms with Crippen LogP contribution in [0.1, 0.15) is 6.92 Å². The first-order valence-corrected chi connectivity index (χ1v) is 4.60. The van der Waals surface area contributed by atoms with Gasteiger partial charge in [0.25, 0.3) is 0 Å². The predicted octanol–water partition coefficient (Wildman–Crippen LogP) is 1.90. The number of hydrogen-bond acceptors (Lipinski definition) is 4. The van der Waals surface area contributed by atoms with E-state index in [4.69, 9.17) is 9.15 Å². The zero-order valence-corrected chi connectivity index (χ0v) is 8.19. The molecule has 1 heterocycles. The molecule has 1 aromatic heterocycles. The van der Waals surface area contributed by atoms with Gasteiger partial charge in [-0.2, -0.15) is 0 Å². The van der Waals surface area contributed by atoms with Crippen LogP contribution in [-0.2, 0) is 0 Å². The Morgan fingerprint density at radius 1 is 1.40 bits per heavy atom. The van der Waals surface area contributed by atoms with Gasteiger partial charge in [-0.3, -0.25) is 0 Å². The van der Waals surface area contributed by atoms with E-state index in [1.807, 2.05) is 6.92 Å². The monoisotopic (exact) mass is 206 g/mol. The van der Waals surface area contributed by atoms with Crippen LogP contribution in [0.2, 0.25) is 0 Å². The fourth-order valence-electron chi connectivity index (χ4n) is 1.38. The van der Waals surface area contributed by atoms with Crippen molar-refractivity contribution in [3.05, 3.63) is 34.7 Å². The Balaban J connectivity index is 2.65. The first-order valence-electron chi connectivity index (χ1n) is 4.60. The fraction of sp³-hybridized carbons (Fsp3) is 0.182. The minimum absolute atomic E-state index is 0.0794. The molecular formula is C11H10O4. The van der Waals surface area contributed by atoms with Crippen LogP contribution in [0, 0.1) is 0 Å². The van der Waals surface area contributed by atoms with Crippen molar-refractivity contribution >= 4 is 11.0 Å². The third-order valence-corrected chi connectivity index (χ3v) is 2.01. The van der Waals surface area contributed by atoms with Crippen LogP contribution in [0.25, 0.3) is 11.0 Å². The number of hydrogen-bond donors (Lipinski definition) is 1. The lowest BCUT2D eigenvalue weighted by Crippen LogP contribution is -1.96. The van der Waals surface area contributed by atoms with E-state index >= 15 is 0 Å². The average Bonchev–Trinajstić information content (AvgIpc) is 2.17. The molecule has 0 aliphatic carbocycles. The van der Waals surface area contributed by atoms with Gasteiger partial charge >= 0.3 is 5.63 Å². The maximum absolute atomic E-state index is 11.0. The molecule has 0 amide bonds. The summed E-state index contributed by atoms with van der Waals surface area (Å²) < 4.78 is 10.2. The molecule has 0 aliphatic heterocycles. The lowest BCUT2D eigenvalue weighted by molar-refractivity contribution is 0.340. The minimum atomic E-state index is -0.575. The lowest BCUT2D eigenvalue weighted by atomic mass is 10.2. The highest BCUT2D eigenvalue weighted by atomic mass is 16.5. The largest absolute Gasteiger partial charge is 0.507 e. The summed E-state index contributed by atoms with van der Waals surface area (Å²) in [4.78, 5) is 11.0. The van der Waals surface area contributed by atoms with E-state index in [9.17, 15) is 9.90 Å². The van der Waals surface area contributed by atoms with E-state index in [-0.39, 0.29) is 5.75 Å². The normalized spacial score (nSPS) is 10.5. The van der Waals surface area contributed by atoms with Crippen molar-refractivity contribution < 1.29 is 14.3 Å². The topological polar surface area (TPSA) is 59.7 Å². The summed E-state index contributed by atoms with van der Waals surface area (Å²) >= 11 is 0. The molecule has 0 atom stereocenters. The second-order valence-electron chi connectivity index (χ2n) is 3.04. The maximum Gasteiger partial charge on any atom is 0.339 e. The molecule has 1 N–H and O–H groups in total. The molecule has 2 rings (SSSR count). The molecule has 0 unspecified atom stereocenters. The Morgan fingerprint density at radius 2 is 2.20 bits per heavy atom. The number of aromatic hydroxyl groups is 1. The highest BCUT2D eigenvalue weighted by molar-refractivity contribution is 5.83. The Bertz CT molecular complexity index is 542. The minimum Gasteiger partial charge on any atom is -0.507 e. The Labute approximate surface area is 85.7 Å². The molecule has 0 fully saturated rings. The smallest absolute Gasteiger partial charge is 0.339 e. The van der Waals surface area contributed by atoms with Crippen molar-refractivity contribution in [3.63, 3.8) is 0 Å². The lowest BCUT2D eigenvalue weighted by Gasteiger charge is -2.04. The third-order valence-electron chi connectivity index (χ3n) is 2.01. The van der Waals surface area contributed by atoms with E-state index in [1.165, 1.54) is 0 Å². The van der Waals surface area contributed by atoms with Crippen LogP contribution in [0.3, 0.4) is 0 Å². The van der Waals surface area contributed by atoms with Gasteiger partial charge in [-0.1, -0.05) is 0 Å². The zero-order valence-electron chi connectivity index (χ0n) is 8.19. The molecule has 78 valence electrons. The number of ether oxygens (including phenoxy) is 1. The average molecular weight is 206 g/mol. The van der Waals surface area contributed by atoms with Crippen LogP contribution in [-0.4, -0.2) is 11.7 Å². The summed E-state index contributed by atoms with van der Waals surface area (Å²) in [5.74, 6) is 0.531. The van der Waals surface area contributed by atoms with Gasteiger partial charge in [0.2, 0.25) is 0 Å². The number of benzene rings is 1. The Kier molecular flexibility index (Phi) is 2.33. The van der Waals surface area contributed by atoms with Gasteiger partial charge in [0.1, 0.15) is 17.1 Å². The summed E-state index contributed by atoms with van der Waals surface area (Å²) in [6, 6.07) is 5.99. The van der Waals surface area contributed by atoms with Crippen LogP contribution in [0.5, 0.6) is 11.5 Å². The number of rotatable bonds is 2. The van der Waals surface area contributed by atoms with Gasteiger partial charge in [0, 0.05) is 6.07 Å². The summed E-state index contributed by atoms with van der Waals surface area (Å²) in [5, 5.41) is 9.97. The quantitative estimate of drug-likeness (QED) is 0.762. The van der Waals surface area contributed by atoms with Crippen LogP contribution < -0.4 is 10.4 Å². The fourth-order valence-corrected chi connectivity index (χ4v) is 1.38. The third kappa shape index (κ3) is 1.79. The van der Waals surface area contributed by atoms with Gasteiger partial charge in [0.15, 0.2) is 0 Å². The second-order valence-corrected chi connectivity index (χ2v) is 3.04. The van der Waals surface area contributed by atoms with Gasteiger partial charge in [-0.05, 0) is 19.1 Å². The first kappa shape index (κ1) is 9.58. The zero-order chi connectivity index (χ0) is 10.8. The summed E-state index contributed by atoms with van der Waals surface area (Å²) in [5.41, 5.74) is -0.250. The standard InChI is InChI=1S/C11H10O4/c1-2-14-7-3-4-8-9(12)6-11(13)15-10(8)5-7/h3-6,12H,2H2,1H3. The molecule has 0 saturated heterocycles. The molecule has 0 radical (unpaired) electrons. The maximum atomic E-state index is 11.0. The predicted molar refractivity (Wildman–Crippen MR) is 55.3 cm³/mol. The first-order chi connectivity index (χ1) is 7.20. The SMILES string of the molecule is CCOc1ccc2c(O)cc(=O)oc2c1. The highest BCUT2D eigenvalue weighted by Crippen LogP contribution is 2.25. The van der Waals surface area contributed by atoms with Gasteiger partial charge in [-0.25, -0.2) is 4.79 Å². The number of fused-ring (bicyclic) bond motifs is 1. The summed E-state index contributed by atoms with van der Waals surface area (Å²) in [6.45, 7) is 2.40. The van der Waals surface area contributed by atoms with Gasteiger partial charge in [0.05, 0.1) is 18.1 Å². The van der Waals surface area contributed by atoms with E-state index in [0.29, 0.717) is 23.3 Å². The van der Waals surface area contributed by atoms with Crippen LogP contribution >= 0.6 is 0 Å². The summed E-state index contributed by atoms with van der Waals surface area (Å²) in [6.07, 6.45) is 0. The highest BCUT2D eigenvalue weighted by Gasteiger charge is 2.05. The van der Waals surface area contributed by atoms with Crippen molar-refractivity contribution in [2.45, 2.75) is 6.92 Å². The molecule has 2 aromatic rings. The van der Waals surface area contributed by atoms with Gasteiger partial charge in [-0.15, -0.1) is 0 Å². The Hall–Kier alpha value is -1.97. The van der Waals surface area contributed by atoms with E-state index in [2.05, 4.69) is 0 Å². The van der Waals surface area contributed by atoms with Crippen molar-refractivity contribution in [2.24, 2.45) is 0 Å². The van der Waals surface area contributed by atoms with Crippen molar-refractivity contribution in [1.82, 2.24) is 0 Å². The second kappa shape index (κ2) is 3.65. The van der Waals surface area contributed by atoms with Crippen LogP contribution in [0.4, 0.5) is 0 Å². The molecule has 0 aliphatic rings. The van der Waals surface area contributed by atoms with Crippen molar-refractivity contribution in [1.29, 1.82) is 0 Å². The van der Waals surface area contributed by atoms with Crippen LogP contribution in [0.15, 0.2) is 33.5 Å². The van der Waals surface area contributed by atoms with Crippen molar-refractivity contribution in [3.8, 4) is 11.5 Å². The van der Waals surface area contributed by atoms with E-state index < -0.39 is 5.63 Å². The van der Waals surface area contributed by atoms with E-state index in [1.54, 1.807) is 18.2 Å². The molecular weight excluding hydrogens is 196 g/mol. The molecule has 0 saturated carbocycles. The summed E-state index contributed by atoms with van der Waals surface area (Å²) in [7, 11) is 0.